The Labute approximate surface area is 105 Å². The minimum atomic E-state index is 0.459. The van der Waals surface area contributed by atoms with E-state index < -0.39 is 0 Å². The number of rotatable bonds is 4. The lowest BCUT2D eigenvalue weighted by molar-refractivity contribution is -0.128. The van der Waals surface area contributed by atoms with Gasteiger partial charge >= 0.3 is 0 Å². The third-order valence-corrected chi connectivity index (χ3v) is 5.37. The summed E-state index contributed by atoms with van der Waals surface area (Å²) in [7, 11) is 0. The maximum absolute atomic E-state index is 12.1. The first-order valence-electron chi connectivity index (χ1n) is 7.56. The zero-order valence-electron chi connectivity index (χ0n) is 11.4. The van der Waals surface area contributed by atoms with Crippen molar-refractivity contribution in [2.24, 2.45) is 29.1 Å². The molecule has 0 saturated heterocycles. The molecular weight excluding hydrogens is 208 g/mol. The van der Waals surface area contributed by atoms with Gasteiger partial charge in [0.25, 0.3) is 0 Å². The maximum Gasteiger partial charge on any atom is 0.133 e. The van der Waals surface area contributed by atoms with Crippen LogP contribution in [0.2, 0.25) is 0 Å². The van der Waals surface area contributed by atoms with E-state index in [9.17, 15) is 4.79 Å². The first-order valence-corrected chi connectivity index (χ1v) is 7.56. The van der Waals surface area contributed by atoms with Crippen LogP contribution in [0.5, 0.6) is 0 Å². The number of ketones is 1. The van der Waals surface area contributed by atoms with Gasteiger partial charge < -0.3 is 0 Å². The second-order valence-corrected chi connectivity index (χ2v) is 7.73. The highest BCUT2D eigenvalue weighted by atomic mass is 16.1. The van der Waals surface area contributed by atoms with Crippen molar-refractivity contribution in [2.45, 2.75) is 65.2 Å². The zero-order valence-corrected chi connectivity index (χ0v) is 11.4. The summed E-state index contributed by atoms with van der Waals surface area (Å²) in [5.74, 6) is 4.02. The Kier molecular flexibility index (Phi) is 2.83. The van der Waals surface area contributed by atoms with E-state index in [-0.39, 0.29) is 0 Å². The summed E-state index contributed by atoms with van der Waals surface area (Å²) in [5.41, 5.74) is 0.459. The lowest BCUT2D eigenvalue weighted by Gasteiger charge is -2.56. The summed E-state index contributed by atoms with van der Waals surface area (Å²) in [5, 5.41) is 0. The van der Waals surface area contributed by atoms with E-state index >= 15 is 0 Å². The second kappa shape index (κ2) is 4.10. The summed E-state index contributed by atoms with van der Waals surface area (Å²) in [6, 6.07) is 0. The van der Waals surface area contributed by atoms with Gasteiger partial charge in [0.05, 0.1) is 0 Å². The fraction of sp³-hybridized carbons (Fsp3) is 0.938. The van der Waals surface area contributed by atoms with Gasteiger partial charge in [0.1, 0.15) is 5.78 Å². The molecule has 0 aromatic heterocycles. The van der Waals surface area contributed by atoms with Crippen molar-refractivity contribution < 1.29 is 4.79 Å². The Morgan fingerprint density at radius 2 is 1.53 bits per heavy atom. The molecule has 0 aromatic carbocycles. The van der Waals surface area contributed by atoms with Gasteiger partial charge in [-0.15, -0.1) is 0 Å². The molecule has 4 fully saturated rings. The first kappa shape index (κ1) is 11.7. The Morgan fingerprint density at radius 3 is 1.94 bits per heavy atom. The summed E-state index contributed by atoms with van der Waals surface area (Å²) >= 11 is 0. The van der Waals surface area contributed by atoms with Gasteiger partial charge in [0.15, 0.2) is 0 Å². The van der Waals surface area contributed by atoms with Gasteiger partial charge in [-0.05, 0) is 67.6 Å². The van der Waals surface area contributed by atoms with Crippen molar-refractivity contribution in [1.29, 1.82) is 0 Å². The van der Waals surface area contributed by atoms with Crippen LogP contribution in [0.25, 0.3) is 0 Å². The normalized spacial score (nSPS) is 43.4. The molecule has 17 heavy (non-hydrogen) atoms. The van der Waals surface area contributed by atoms with Gasteiger partial charge in [-0.3, -0.25) is 4.79 Å². The molecule has 1 heteroatoms. The van der Waals surface area contributed by atoms with Crippen molar-refractivity contribution in [1.82, 2.24) is 0 Å². The number of carbonyl (C=O) groups excluding carboxylic acids is 1. The minimum absolute atomic E-state index is 0.459. The predicted molar refractivity (Wildman–Crippen MR) is 69.7 cm³/mol. The Bertz CT molecular complexity index is 280. The van der Waals surface area contributed by atoms with E-state index in [4.69, 9.17) is 0 Å². The lowest BCUT2D eigenvalue weighted by atomic mass is 9.48. The fourth-order valence-corrected chi connectivity index (χ4v) is 5.45. The third-order valence-electron chi connectivity index (χ3n) is 5.37. The summed E-state index contributed by atoms with van der Waals surface area (Å²) in [6.07, 6.45) is 10.3. The van der Waals surface area contributed by atoms with Crippen LogP contribution in [0.3, 0.4) is 0 Å². The molecule has 0 heterocycles. The second-order valence-electron chi connectivity index (χ2n) is 7.73. The largest absolute Gasteiger partial charge is 0.300 e. The topological polar surface area (TPSA) is 17.1 Å². The molecule has 96 valence electrons. The molecule has 4 aliphatic carbocycles. The van der Waals surface area contributed by atoms with Crippen LogP contribution in [0, 0.1) is 29.1 Å². The van der Waals surface area contributed by atoms with Crippen LogP contribution in [-0.2, 0) is 4.79 Å². The summed E-state index contributed by atoms with van der Waals surface area (Å²) in [4.78, 5) is 12.1. The predicted octanol–water partition coefficient (Wildman–Crippen LogP) is 4.21. The van der Waals surface area contributed by atoms with Crippen molar-refractivity contribution in [2.75, 3.05) is 0 Å². The van der Waals surface area contributed by atoms with E-state index in [2.05, 4.69) is 13.8 Å². The SMILES string of the molecule is CC(C)CC(=O)CC12CC3CC(CC(C3)C1)C2. The molecule has 4 saturated carbocycles. The Morgan fingerprint density at radius 1 is 1.06 bits per heavy atom. The van der Waals surface area contributed by atoms with Crippen LogP contribution in [-0.4, -0.2) is 5.78 Å². The van der Waals surface area contributed by atoms with Crippen LogP contribution in [0.1, 0.15) is 65.2 Å². The lowest BCUT2D eigenvalue weighted by Crippen LogP contribution is -2.46. The van der Waals surface area contributed by atoms with Crippen molar-refractivity contribution >= 4 is 5.78 Å². The first-order chi connectivity index (χ1) is 8.05. The standard InChI is InChI=1S/C16H26O/c1-11(2)3-15(17)10-16-7-12-4-13(8-16)6-14(5-12)9-16/h11-14H,3-10H2,1-2H3. The molecule has 0 spiro atoms. The molecule has 1 nitrogen and oxygen atoms in total. The van der Waals surface area contributed by atoms with Crippen molar-refractivity contribution in [3.05, 3.63) is 0 Å². The monoisotopic (exact) mass is 234 g/mol. The molecular formula is C16H26O. The number of hydrogen-bond donors (Lipinski definition) is 0. The highest BCUT2D eigenvalue weighted by Gasteiger charge is 2.51. The van der Waals surface area contributed by atoms with E-state index in [0.717, 1.165) is 30.6 Å². The van der Waals surface area contributed by atoms with Crippen LogP contribution in [0.15, 0.2) is 0 Å². The van der Waals surface area contributed by atoms with Crippen LogP contribution >= 0.6 is 0 Å². The summed E-state index contributed by atoms with van der Waals surface area (Å²) < 4.78 is 0. The van der Waals surface area contributed by atoms with Gasteiger partial charge in [0.2, 0.25) is 0 Å². The molecule has 0 aliphatic heterocycles. The Balaban J connectivity index is 1.68. The molecule has 0 unspecified atom stereocenters. The quantitative estimate of drug-likeness (QED) is 0.712. The van der Waals surface area contributed by atoms with E-state index in [1.165, 1.54) is 38.5 Å². The van der Waals surface area contributed by atoms with E-state index in [1.807, 2.05) is 0 Å². The van der Waals surface area contributed by atoms with E-state index in [0.29, 0.717) is 17.1 Å². The maximum atomic E-state index is 12.1. The Hall–Kier alpha value is -0.330. The molecule has 0 amide bonds. The average molecular weight is 234 g/mol. The highest BCUT2D eigenvalue weighted by Crippen LogP contribution is 2.61. The highest BCUT2D eigenvalue weighted by molar-refractivity contribution is 5.79. The minimum Gasteiger partial charge on any atom is -0.300 e. The van der Waals surface area contributed by atoms with Crippen molar-refractivity contribution in [3.8, 4) is 0 Å². The molecule has 0 radical (unpaired) electrons. The number of Topliss-reactive ketones (excluding diaryl/α,β-unsaturated/α-hetero) is 1. The molecule has 4 aliphatic rings. The van der Waals surface area contributed by atoms with Gasteiger partial charge in [-0.25, -0.2) is 0 Å². The molecule has 4 rings (SSSR count). The van der Waals surface area contributed by atoms with Crippen LogP contribution in [0.4, 0.5) is 0 Å². The number of hydrogen-bond acceptors (Lipinski definition) is 1. The fourth-order valence-electron chi connectivity index (χ4n) is 5.45. The van der Waals surface area contributed by atoms with Gasteiger partial charge in [-0.2, -0.15) is 0 Å². The third kappa shape index (κ3) is 2.30. The van der Waals surface area contributed by atoms with Crippen LogP contribution < -0.4 is 0 Å². The number of carbonyl (C=O) groups is 1. The smallest absolute Gasteiger partial charge is 0.133 e. The van der Waals surface area contributed by atoms with Crippen molar-refractivity contribution in [3.63, 3.8) is 0 Å². The summed E-state index contributed by atoms with van der Waals surface area (Å²) in [6.45, 7) is 4.33. The molecule has 0 aromatic rings. The van der Waals surface area contributed by atoms with E-state index in [1.54, 1.807) is 0 Å². The molecule has 4 bridgehead atoms. The zero-order chi connectivity index (χ0) is 12.0. The molecule has 0 N–H and O–H groups in total. The molecule has 0 atom stereocenters. The van der Waals surface area contributed by atoms with Gasteiger partial charge in [0, 0.05) is 12.8 Å². The average Bonchev–Trinajstić information content (AvgIpc) is 2.11. The van der Waals surface area contributed by atoms with Gasteiger partial charge in [-0.1, -0.05) is 13.8 Å².